The summed E-state index contributed by atoms with van der Waals surface area (Å²) in [5, 5.41) is 2.85. The molecule has 0 aliphatic heterocycles. The standard InChI is InChI=1S/C14H14F2N2OS/c1-9-17-10(8-20-9)6-18(2)7-13(19)14-11(15)4-3-5-12(14)16/h3-5,8H,6-7H2,1-2H3. The number of thiazole rings is 1. The second-order valence-electron chi connectivity index (χ2n) is 4.55. The maximum Gasteiger partial charge on any atom is 0.182 e. The van der Waals surface area contributed by atoms with Crippen molar-refractivity contribution < 1.29 is 13.6 Å². The Bertz CT molecular complexity index is 607. The number of likely N-dealkylation sites (N-methyl/N-ethyl adjacent to an activating group) is 1. The van der Waals surface area contributed by atoms with Gasteiger partial charge in [0.1, 0.15) is 11.6 Å². The minimum Gasteiger partial charge on any atom is -0.293 e. The van der Waals surface area contributed by atoms with Crippen molar-refractivity contribution in [3.63, 3.8) is 0 Å². The van der Waals surface area contributed by atoms with Crippen LogP contribution in [0.3, 0.4) is 0 Å². The summed E-state index contributed by atoms with van der Waals surface area (Å²) in [4.78, 5) is 17.9. The van der Waals surface area contributed by atoms with Crippen molar-refractivity contribution in [2.75, 3.05) is 13.6 Å². The van der Waals surface area contributed by atoms with Crippen LogP contribution in [0.5, 0.6) is 0 Å². The average molecular weight is 296 g/mol. The molecule has 3 nitrogen and oxygen atoms in total. The van der Waals surface area contributed by atoms with E-state index < -0.39 is 23.0 Å². The van der Waals surface area contributed by atoms with Crippen molar-refractivity contribution in [3.8, 4) is 0 Å². The van der Waals surface area contributed by atoms with E-state index in [1.54, 1.807) is 11.9 Å². The Balaban J connectivity index is 2.04. The van der Waals surface area contributed by atoms with Crippen molar-refractivity contribution >= 4 is 17.1 Å². The Morgan fingerprint density at radius 1 is 1.35 bits per heavy atom. The number of rotatable bonds is 5. The fourth-order valence-electron chi connectivity index (χ4n) is 1.90. The number of Topliss-reactive ketones (excluding diaryl/α,β-unsaturated/α-hetero) is 1. The summed E-state index contributed by atoms with van der Waals surface area (Å²) in [5.41, 5.74) is 0.366. The van der Waals surface area contributed by atoms with Gasteiger partial charge in [0.15, 0.2) is 5.78 Å². The van der Waals surface area contributed by atoms with Crippen LogP contribution in [0.4, 0.5) is 8.78 Å². The van der Waals surface area contributed by atoms with Gasteiger partial charge in [0, 0.05) is 11.9 Å². The molecule has 0 saturated heterocycles. The first-order valence-electron chi connectivity index (χ1n) is 6.04. The van der Waals surface area contributed by atoms with Crippen LogP contribution >= 0.6 is 11.3 Å². The third-order valence-corrected chi connectivity index (χ3v) is 3.58. The molecule has 1 aromatic heterocycles. The van der Waals surface area contributed by atoms with E-state index in [1.807, 2.05) is 12.3 Å². The Morgan fingerprint density at radius 2 is 2.00 bits per heavy atom. The second kappa shape index (κ2) is 6.19. The Labute approximate surface area is 119 Å². The third-order valence-electron chi connectivity index (χ3n) is 2.75. The van der Waals surface area contributed by atoms with Crippen molar-refractivity contribution in [3.05, 3.63) is 51.5 Å². The maximum absolute atomic E-state index is 13.5. The Hall–Kier alpha value is -1.66. The van der Waals surface area contributed by atoms with Crippen LogP contribution in [-0.4, -0.2) is 29.3 Å². The minimum atomic E-state index is -0.826. The van der Waals surface area contributed by atoms with Gasteiger partial charge in [0.05, 0.1) is 22.8 Å². The summed E-state index contributed by atoms with van der Waals surface area (Å²) in [6.07, 6.45) is 0. The van der Waals surface area contributed by atoms with Crippen molar-refractivity contribution in [1.29, 1.82) is 0 Å². The van der Waals surface area contributed by atoms with E-state index in [0.29, 0.717) is 6.54 Å². The molecular formula is C14H14F2N2OS. The zero-order valence-electron chi connectivity index (χ0n) is 11.2. The number of carbonyl (C=O) groups is 1. The molecule has 0 saturated carbocycles. The Morgan fingerprint density at radius 3 is 2.55 bits per heavy atom. The lowest BCUT2D eigenvalue weighted by atomic mass is 10.1. The van der Waals surface area contributed by atoms with Gasteiger partial charge in [-0.1, -0.05) is 6.07 Å². The van der Waals surface area contributed by atoms with Gasteiger partial charge in [-0.3, -0.25) is 9.69 Å². The third kappa shape index (κ3) is 3.46. The van der Waals surface area contributed by atoms with E-state index in [4.69, 9.17) is 0 Å². The lowest BCUT2D eigenvalue weighted by molar-refractivity contribution is 0.0934. The summed E-state index contributed by atoms with van der Waals surface area (Å²) >= 11 is 1.52. The van der Waals surface area contributed by atoms with E-state index in [1.165, 1.54) is 17.4 Å². The predicted octanol–water partition coefficient (Wildman–Crippen LogP) is 3.04. The quantitative estimate of drug-likeness (QED) is 0.795. The fourth-order valence-corrected chi connectivity index (χ4v) is 2.51. The predicted molar refractivity (Wildman–Crippen MR) is 73.9 cm³/mol. The molecule has 0 amide bonds. The molecule has 1 heterocycles. The smallest absolute Gasteiger partial charge is 0.182 e. The summed E-state index contributed by atoms with van der Waals surface area (Å²) in [7, 11) is 1.71. The molecule has 0 aliphatic carbocycles. The molecule has 0 bridgehead atoms. The zero-order chi connectivity index (χ0) is 14.7. The number of nitrogens with zero attached hydrogens (tertiary/aromatic N) is 2. The highest BCUT2D eigenvalue weighted by Crippen LogP contribution is 2.14. The van der Waals surface area contributed by atoms with Gasteiger partial charge < -0.3 is 0 Å². The molecule has 6 heteroatoms. The molecule has 0 spiro atoms. The number of aryl methyl sites for hydroxylation is 1. The number of benzene rings is 1. The molecular weight excluding hydrogens is 282 g/mol. The highest BCUT2D eigenvalue weighted by atomic mass is 32.1. The van der Waals surface area contributed by atoms with Crippen LogP contribution in [0.2, 0.25) is 0 Å². The fraction of sp³-hybridized carbons (Fsp3) is 0.286. The SMILES string of the molecule is Cc1nc(CN(C)CC(=O)c2c(F)cccc2F)cs1. The Kier molecular flexibility index (Phi) is 4.57. The highest BCUT2D eigenvalue weighted by Gasteiger charge is 2.18. The van der Waals surface area contributed by atoms with Gasteiger partial charge in [-0.2, -0.15) is 0 Å². The number of halogens is 2. The van der Waals surface area contributed by atoms with Crippen molar-refractivity contribution in [2.45, 2.75) is 13.5 Å². The van der Waals surface area contributed by atoms with Crippen LogP contribution < -0.4 is 0 Å². The molecule has 0 atom stereocenters. The number of ketones is 1. The van der Waals surface area contributed by atoms with Crippen LogP contribution in [0.15, 0.2) is 23.6 Å². The van der Waals surface area contributed by atoms with E-state index in [0.717, 1.165) is 22.8 Å². The molecule has 2 aromatic rings. The molecule has 0 N–H and O–H groups in total. The topological polar surface area (TPSA) is 33.2 Å². The first kappa shape index (κ1) is 14.7. The van der Waals surface area contributed by atoms with E-state index in [2.05, 4.69) is 4.98 Å². The molecule has 2 rings (SSSR count). The summed E-state index contributed by atoms with van der Waals surface area (Å²) in [6.45, 7) is 2.30. The zero-order valence-corrected chi connectivity index (χ0v) is 12.0. The van der Waals surface area contributed by atoms with E-state index in [9.17, 15) is 13.6 Å². The summed E-state index contributed by atoms with van der Waals surface area (Å²) in [6, 6.07) is 3.41. The number of hydrogen-bond donors (Lipinski definition) is 0. The summed E-state index contributed by atoms with van der Waals surface area (Å²) < 4.78 is 27.0. The number of carbonyl (C=O) groups excluding carboxylic acids is 1. The van der Waals surface area contributed by atoms with Crippen molar-refractivity contribution in [2.24, 2.45) is 0 Å². The molecule has 1 aromatic carbocycles. The van der Waals surface area contributed by atoms with Crippen LogP contribution in [0.1, 0.15) is 21.1 Å². The summed E-state index contributed by atoms with van der Waals surface area (Å²) in [5.74, 6) is -2.23. The molecule has 0 fully saturated rings. The van der Waals surface area contributed by atoms with E-state index >= 15 is 0 Å². The largest absolute Gasteiger partial charge is 0.293 e. The van der Waals surface area contributed by atoms with Crippen LogP contribution in [0.25, 0.3) is 0 Å². The first-order valence-corrected chi connectivity index (χ1v) is 6.92. The lowest BCUT2D eigenvalue weighted by Crippen LogP contribution is -2.27. The number of aromatic nitrogens is 1. The maximum atomic E-state index is 13.5. The average Bonchev–Trinajstić information content (AvgIpc) is 2.74. The first-order chi connectivity index (χ1) is 9.47. The molecule has 106 valence electrons. The van der Waals surface area contributed by atoms with Crippen molar-refractivity contribution in [1.82, 2.24) is 9.88 Å². The van der Waals surface area contributed by atoms with Crippen LogP contribution in [-0.2, 0) is 6.54 Å². The molecule has 20 heavy (non-hydrogen) atoms. The number of hydrogen-bond acceptors (Lipinski definition) is 4. The van der Waals surface area contributed by atoms with Crippen LogP contribution in [0, 0.1) is 18.6 Å². The lowest BCUT2D eigenvalue weighted by Gasteiger charge is -2.14. The minimum absolute atomic E-state index is 0.0611. The molecule has 0 aliphatic rings. The van der Waals surface area contributed by atoms with Gasteiger partial charge in [-0.15, -0.1) is 11.3 Å². The molecule has 0 unspecified atom stereocenters. The van der Waals surface area contributed by atoms with Gasteiger partial charge in [0.2, 0.25) is 0 Å². The second-order valence-corrected chi connectivity index (χ2v) is 5.61. The van der Waals surface area contributed by atoms with E-state index in [-0.39, 0.29) is 6.54 Å². The van der Waals surface area contributed by atoms with Gasteiger partial charge in [-0.05, 0) is 26.1 Å². The highest BCUT2D eigenvalue weighted by molar-refractivity contribution is 7.09. The van der Waals surface area contributed by atoms with Gasteiger partial charge in [-0.25, -0.2) is 13.8 Å². The van der Waals surface area contributed by atoms with Gasteiger partial charge in [0.25, 0.3) is 0 Å². The monoisotopic (exact) mass is 296 g/mol. The normalized spacial score (nSPS) is 11.1. The molecule has 0 radical (unpaired) electrons. The van der Waals surface area contributed by atoms with Gasteiger partial charge >= 0.3 is 0 Å².